The quantitative estimate of drug-likeness (QED) is 0.0836. The first kappa shape index (κ1) is 42.1. The zero-order valence-electron chi connectivity index (χ0n) is 34.4. The lowest BCUT2D eigenvalue weighted by molar-refractivity contribution is -0.132. The van der Waals surface area contributed by atoms with Crippen LogP contribution in [0.15, 0.2) is 120 Å². The zero-order chi connectivity index (χ0) is 43.2. The van der Waals surface area contributed by atoms with Crippen LogP contribution < -0.4 is 10.3 Å². The van der Waals surface area contributed by atoms with Crippen molar-refractivity contribution in [2.24, 2.45) is 0 Å². The number of rotatable bonds is 14. The fraction of sp³-hybridized carbons (Fsp3) is 0.240. The highest BCUT2D eigenvalue weighted by atomic mass is 35.5. The topological polar surface area (TPSA) is 111 Å². The molecule has 7 aromatic rings. The van der Waals surface area contributed by atoms with Gasteiger partial charge < -0.3 is 19.5 Å². The maximum Gasteiger partial charge on any atom is 0.272 e. The molecule has 0 bridgehead atoms. The van der Waals surface area contributed by atoms with Gasteiger partial charge in [0.1, 0.15) is 17.4 Å². The van der Waals surface area contributed by atoms with Gasteiger partial charge in [0.05, 0.1) is 23.3 Å². The number of hydrogen-bond acceptors (Lipinski definition) is 5. The van der Waals surface area contributed by atoms with Gasteiger partial charge in [-0.25, -0.2) is 13.9 Å². The molecule has 316 valence electrons. The number of nitrogens with zero attached hydrogens (tertiary/aromatic N) is 3. The molecule has 1 aliphatic heterocycles. The summed E-state index contributed by atoms with van der Waals surface area (Å²) in [6.45, 7) is 3.90. The largest absolute Gasteiger partial charge is 0.494 e. The minimum atomic E-state index is -0.612. The zero-order valence-corrected chi connectivity index (χ0v) is 35.1. The monoisotopic (exact) mass is 853 g/mol. The van der Waals surface area contributed by atoms with Crippen LogP contribution in [-0.4, -0.2) is 69.6 Å². The van der Waals surface area contributed by atoms with Crippen LogP contribution in [0.5, 0.6) is 5.75 Å². The lowest BCUT2D eigenvalue weighted by atomic mass is 9.87. The Balaban J connectivity index is 0.812. The van der Waals surface area contributed by atoms with Crippen LogP contribution >= 0.6 is 11.6 Å². The number of unbranched alkanes of at least 4 members (excludes halogenated alkanes) is 2. The van der Waals surface area contributed by atoms with E-state index in [4.69, 9.17) is 16.3 Å². The summed E-state index contributed by atoms with van der Waals surface area (Å²) < 4.78 is 36.4. The smallest absolute Gasteiger partial charge is 0.272 e. The van der Waals surface area contributed by atoms with Crippen molar-refractivity contribution in [3.05, 3.63) is 176 Å². The summed E-state index contributed by atoms with van der Waals surface area (Å²) in [5.41, 5.74) is 6.26. The first-order valence-electron chi connectivity index (χ1n) is 21.0. The molecule has 0 aliphatic carbocycles. The minimum absolute atomic E-state index is 0.0298. The number of piperazine rings is 1. The molecule has 0 unspecified atom stereocenters. The van der Waals surface area contributed by atoms with Gasteiger partial charge in [-0.1, -0.05) is 67.1 Å². The van der Waals surface area contributed by atoms with Crippen molar-refractivity contribution in [1.82, 2.24) is 25.0 Å². The van der Waals surface area contributed by atoms with Crippen LogP contribution in [0.4, 0.5) is 8.78 Å². The summed E-state index contributed by atoms with van der Waals surface area (Å²) in [6, 6.07) is 32.5. The molecule has 3 heterocycles. The molecule has 1 fully saturated rings. The van der Waals surface area contributed by atoms with Crippen LogP contribution in [0.1, 0.15) is 77.3 Å². The lowest BCUT2D eigenvalue weighted by Crippen LogP contribution is -2.50. The number of H-pyrrole nitrogens is 2. The Hall–Kier alpha value is -6.59. The first-order valence-corrected chi connectivity index (χ1v) is 21.4. The van der Waals surface area contributed by atoms with Crippen LogP contribution in [0.2, 0.25) is 5.02 Å². The molecule has 8 rings (SSSR count). The highest BCUT2D eigenvalue weighted by Gasteiger charge is 2.27. The predicted octanol–water partition coefficient (Wildman–Crippen LogP) is 10.2. The van der Waals surface area contributed by atoms with E-state index in [2.05, 4.69) is 27.3 Å². The number of carbonyl (C=O) groups is 2. The highest BCUT2D eigenvalue weighted by Crippen LogP contribution is 2.37. The van der Waals surface area contributed by atoms with E-state index >= 15 is 4.39 Å². The summed E-state index contributed by atoms with van der Waals surface area (Å²) >= 11 is 6.11. The number of hydrogen-bond donors (Lipinski definition) is 2. The molecule has 2 amide bonds. The van der Waals surface area contributed by atoms with Crippen LogP contribution in [0.3, 0.4) is 0 Å². The molecule has 2 aromatic heterocycles. The maximum atomic E-state index is 15.3. The van der Waals surface area contributed by atoms with Crippen molar-refractivity contribution in [3.63, 3.8) is 0 Å². The van der Waals surface area contributed by atoms with Gasteiger partial charge >= 0.3 is 0 Å². The molecular formula is C50H46ClF2N5O4. The average molecular weight is 854 g/mol. The number of aromatic nitrogens is 3. The van der Waals surface area contributed by atoms with E-state index in [1.54, 1.807) is 46.2 Å². The molecule has 0 atom stereocenters. The summed E-state index contributed by atoms with van der Waals surface area (Å²) in [5.74, 6) is -0.642. The Labute approximate surface area is 363 Å². The molecule has 12 heteroatoms. The third-order valence-electron chi connectivity index (χ3n) is 11.5. The second-order valence-electron chi connectivity index (χ2n) is 15.5. The number of benzene rings is 5. The van der Waals surface area contributed by atoms with E-state index < -0.39 is 11.7 Å². The number of carbonyl (C=O) groups excluding carboxylic acids is 2. The first-order chi connectivity index (χ1) is 30.2. The summed E-state index contributed by atoms with van der Waals surface area (Å²) in [4.78, 5) is 45.4. The molecule has 62 heavy (non-hydrogen) atoms. The van der Waals surface area contributed by atoms with E-state index in [9.17, 15) is 18.8 Å². The van der Waals surface area contributed by atoms with Gasteiger partial charge in [-0.05, 0) is 120 Å². The van der Waals surface area contributed by atoms with E-state index in [1.807, 2.05) is 61.7 Å². The Morgan fingerprint density at radius 3 is 2.31 bits per heavy atom. The second-order valence-corrected chi connectivity index (χ2v) is 15.9. The van der Waals surface area contributed by atoms with Crippen molar-refractivity contribution < 1.29 is 23.1 Å². The number of fused-ring (bicyclic) bond motifs is 2. The summed E-state index contributed by atoms with van der Waals surface area (Å²) in [7, 11) is 0. The van der Waals surface area contributed by atoms with E-state index in [1.165, 1.54) is 12.1 Å². The molecule has 0 spiro atoms. The Kier molecular flexibility index (Phi) is 12.9. The Bertz CT molecular complexity index is 2850. The normalized spacial score (nSPS) is 13.4. The molecule has 0 radical (unpaired) electrons. The van der Waals surface area contributed by atoms with Crippen molar-refractivity contribution in [2.45, 2.75) is 45.4 Å². The number of allylic oxidation sites excluding steroid dienone is 1. The number of amides is 2. The third kappa shape index (κ3) is 9.33. The van der Waals surface area contributed by atoms with Crippen LogP contribution in [-0.2, 0) is 11.2 Å². The molecule has 1 saturated heterocycles. The minimum Gasteiger partial charge on any atom is -0.494 e. The van der Waals surface area contributed by atoms with Gasteiger partial charge in [-0.15, -0.1) is 0 Å². The lowest BCUT2D eigenvalue weighted by Gasteiger charge is -2.35. The van der Waals surface area contributed by atoms with Crippen molar-refractivity contribution >= 4 is 56.2 Å². The van der Waals surface area contributed by atoms with Gasteiger partial charge in [-0.3, -0.25) is 14.4 Å². The highest BCUT2D eigenvalue weighted by molar-refractivity contribution is 6.30. The summed E-state index contributed by atoms with van der Waals surface area (Å²) in [6.07, 6.45) is 5.49. The van der Waals surface area contributed by atoms with E-state index in [0.29, 0.717) is 91.1 Å². The molecule has 1 aliphatic rings. The molecular weight excluding hydrogens is 808 g/mol. The van der Waals surface area contributed by atoms with Gasteiger partial charge in [0.25, 0.3) is 11.5 Å². The van der Waals surface area contributed by atoms with E-state index in [0.717, 1.165) is 51.8 Å². The maximum absolute atomic E-state index is 15.3. The van der Waals surface area contributed by atoms with Crippen LogP contribution in [0.25, 0.3) is 32.8 Å². The molecule has 5 aromatic carbocycles. The van der Waals surface area contributed by atoms with Gasteiger partial charge in [0.2, 0.25) is 5.91 Å². The fourth-order valence-electron chi connectivity index (χ4n) is 8.26. The van der Waals surface area contributed by atoms with Gasteiger partial charge in [-0.2, -0.15) is 5.10 Å². The average Bonchev–Trinajstić information content (AvgIpc) is 3.77. The summed E-state index contributed by atoms with van der Waals surface area (Å²) in [5, 5.41) is 9.36. The fourth-order valence-corrected chi connectivity index (χ4v) is 8.41. The number of halogens is 3. The predicted molar refractivity (Wildman–Crippen MR) is 240 cm³/mol. The Morgan fingerprint density at radius 2 is 1.53 bits per heavy atom. The second kappa shape index (κ2) is 19.0. The molecule has 9 nitrogen and oxygen atoms in total. The molecule has 0 saturated carbocycles. The standard InChI is InChI=1S/C50H46ClF2N5O4/c1-2-38(39-18-15-36(51)31-44(39)53)48(35-14-20-45-34(30-35)21-22-54-45)33-12-16-37(17-13-33)62-27-7-3-4-10-47(59)57-23-25-58(26-24-57)50(61)42-28-32(11-19-43(42)52)29-46-40-8-5-6-9-41(40)49(60)56-55-46/h5-6,8-9,11-22,28,30-31,54H,2-4,7,10,23-27,29H2,1H3,(H,56,60)/b48-38+. The van der Waals surface area contributed by atoms with Crippen molar-refractivity contribution in [1.29, 1.82) is 0 Å². The molecule has 2 N–H and O–H groups in total. The number of ether oxygens (including phenoxy) is 1. The van der Waals surface area contributed by atoms with Gasteiger partial charge in [0, 0.05) is 66.7 Å². The number of aromatic amines is 2. The SMILES string of the molecule is CC/C(=C(/c1ccc(OCCCCCC(=O)N2CCN(C(=O)c3cc(Cc4n[nH]c(=O)c5ccccc45)ccc3F)CC2)cc1)c1ccc2[nH]ccc2c1)c1ccc(Cl)cc1F. The number of nitrogens with one attached hydrogen (secondary N) is 2. The third-order valence-corrected chi connectivity index (χ3v) is 11.8. The van der Waals surface area contributed by atoms with Gasteiger partial charge in [0.15, 0.2) is 0 Å². The van der Waals surface area contributed by atoms with Crippen molar-refractivity contribution in [3.8, 4) is 5.75 Å². The van der Waals surface area contributed by atoms with Crippen LogP contribution in [0, 0.1) is 11.6 Å². The van der Waals surface area contributed by atoms with E-state index in [-0.39, 0.29) is 22.8 Å². The Morgan fingerprint density at radius 1 is 0.774 bits per heavy atom. The van der Waals surface area contributed by atoms with Crippen molar-refractivity contribution in [2.75, 3.05) is 32.8 Å².